The topological polar surface area (TPSA) is 58.2 Å². The lowest BCUT2D eigenvalue weighted by molar-refractivity contribution is -0.125. The lowest BCUT2D eigenvalue weighted by Gasteiger charge is -2.25. The molecule has 0 atom stereocenters. The molecule has 0 saturated heterocycles. The number of alkyl halides is 3. The minimum Gasteiger partial charge on any atom is -0.307 e. The Balaban J connectivity index is 4.06. The Morgan fingerprint density at radius 1 is 1.13 bits per heavy atom. The molecule has 0 aliphatic rings. The molecule has 0 aliphatic carbocycles. The van der Waals surface area contributed by atoms with Gasteiger partial charge in [0.25, 0.3) is 0 Å². The third kappa shape index (κ3) is 9.95. The van der Waals surface area contributed by atoms with Crippen molar-refractivity contribution in [3.05, 3.63) is 0 Å². The average Bonchev–Trinajstić information content (AvgIpc) is 1.75. The Hall–Kier alpha value is -0.340. The van der Waals surface area contributed by atoms with Crippen LogP contribution in [0.3, 0.4) is 0 Å². The molecule has 15 heavy (non-hydrogen) atoms. The summed E-state index contributed by atoms with van der Waals surface area (Å²) in [5.74, 6) is 0. The first-order valence-electron chi connectivity index (χ1n) is 4.18. The maximum absolute atomic E-state index is 11.8. The second kappa shape index (κ2) is 4.67. The Bertz CT molecular complexity index is 298. The predicted octanol–water partition coefficient (Wildman–Crippen LogP) is 0.466. The fraction of sp³-hybridized carbons (Fsp3) is 1.00. The van der Waals surface area contributed by atoms with E-state index < -0.39 is 28.3 Å². The van der Waals surface area contributed by atoms with Crippen LogP contribution in [0.25, 0.3) is 0 Å². The lowest BCUT2D eigenvalue weighted by atomic mass is 10.1. The summed E-state index contributed by atoms with van der Waals surface area (Å²) in [6.07, 6.45) is -3.33. The van der Waals surface area contributed by atoms with Crippen LogP contribution in [-0.4, -0.2) is 39.5 Å². The Kier molecular flexibility index (Phi) is 4.56. The molecule has 4 nitrogen and oxygen atoms in total. The Labute approximate surface area is 87.3 Å². The molecule has 92 valence electrons. The first kappa shape index (κ1) is 14.7. The highest BCUT2D eigenvalue weighted by Gasteiger charge is 2.28. The number of hydrogen-bond donors (Lipinski definition) is 2. The van der Waals surface area contributed by atoms with Crippen LogP contribution in [0.2, 0.25) is 0 Å². The molecular weight excluding hydrogens is 233 g/mol. The van der Waals surface area contributed by atoms with Crippen molar-refractivity contribution in [2.45, 2.75) is 25.6 Å². The molecule has 8 heteroatoms. The van der Waals surface area contributed by atoms with Gasteiger partial charge in [-0.2, -0.15) is 13.2 Å². The first-order valence-corrected chi connectivity index (χ1v) is 6.07. The van der Waals surface area contributed by atoms with Crippen LogP contribution in [0.4, 0.5) is 13.2 Å². The van der Waals surface area contributed by atoms with Crippen molar-refractivity contribution in [3.8, 4) is 0 Å². The largest absolute Gasteiger partial charge is 0.401 e. The smallest absolute Gasteiger partial charge is 0.307 e. The van der Waals surface area contributed by atoms with E-state index in [1.165, 1.54) is 13.8 Å². The third-order valence-electron chi connectivity index (χ3n) is 1.35. The fourth-order valence-electron chi connectivity index (χ4n) is 1.05. The molecule has 0 spiro atoms. The van der Waals surface area contributed by atoms with E-state index in [0.717, 1.165) is 6.26 Å². The molecule has 0 amide bonds. The SMILES string of the molecule is CC(C)(CNCC(F)(F)F)NS(C)(=O)=O. The fourth-order valence-corrected chi connectivity index (χ4v) is 2.13. The van der Waals surface area contributed by atoms with E-state index in [4.69, 9.17) is 0 Å². The van der Waals surface area contributed by atoms with Gasteiger partial charge in [0.15, 0.2) is 0 Å². The first-order chi connectivity index (χ1) is 6.41. The van der Waals surface area contributed by atoms with Crippen LogP contribution in [0, 0.1) is 0 Å². The van der Waals surface area contributed by atoms with Crippen LogP contribution in [-0.2, 0) is 10.0 Å². The number of sulfonamides is 1. The molecule has 0 heterocycles. The van der Waals surface area contributed by atoms with Gasteiger partial charge < -0.3 is 5.32 Å². The van der Waals surface area contributed by atoms with Gasteiger partial charge in [-0.05, 0) is 13.8 Å². The third-order valence-corrected chi connectivity index (χ3v) is 2.28. The van der Waals surface area contributed by atoms with Crippen molar-refractivity contribution in [1.82, 2.24) is 10.0 Å². The zero-order chi connectivity index (χ0) is 12.3. The maximum Gasteiger partial charge on any atom is 0.401 e. The summed E-state index contributed by atoms with van der Waals surface area (Å²) < 4.78 is 59.2. The van der Waals surface area contributed by atoms with Gasteiger partial charge in [0.05, 0.1) is 12.8 Å². The minimum absolute atomic E-state index is 0.0976. The molecule has 0 unspecified atom stereocenters. The van der Waals surface area contributed by atoms with Crippen molar-refractivity contribution < 1.29 is 21.6 Å². The molecule has 0 aliphatic heterocycles. The van der Waals surface area contributed by atoms with Gasteiger partial charge in [0.1, 0.15) is 0 Å². The lowest BCUT2D eigenvalue weighted by Crippen LogP contribution is -2.51. The van der Waals surface area contributed by atoms with E-state index in [0.29, 0.717) is 0 Å². The van der Waals surface area contributed by atoms with E-state index in [1.807, 2.05) is 0 Å². The molecule has 0 fully saturated rings. The number of halogens is 3. The quantitative estimate of drug-likeness (QED) is 0.743. The number of nitrogens with one attached hydrogen (secondary N) is 2. The van der Waals surface area contributed by atoms with Crippen molar-refractivity contribution in [2.24, 2.45) is 0 Å². The van der Waals surface area contributed by atoms with E-state index in [9.17, 15) is 21.6 Å². The number of rotatable bonds is 5. The maximum atomic E-state index is 11.8. The Morgan fingerprint density at radius 3 is 1.93 bits per heavy atom. The van der Waals surface area contributed by atoms with E-state index in [2.05, 4.69) is 10.0 Å². The molecule has 0 bridgehead atoms. The number of hydrogen-bond acceptors (Lipinski definition) is 3. The van der Waals surface area contributed by atoms with Gasteiger partial charge in [-0.25, -0.2) is 13.1 Å². The van der Waals surface area contributed by atoms with E-state index in [1.54, 1.807) is 0 Å². The predicted molar refractivity (Wildman–Crippen MR) is 51.0 cm³/mol. The summed E-state index contributed by atoms with van der Waals surface area (Å²) in [6.45, 7) is 1.76. The zero-order valence-electron chi connectivity index (χ0n) is 8.77. The monoisotopic (exact) mass is 248 g/mol. The second-order valence-electron chi connectivity index (χ2n) is 3.98. The van der Waals surface area contributed by atoms with Gasteiger partial charge >= 0.3 is 6.18 Å². The molecular formula is C7H15F3N2O2S. The van der Waals surface area contributed by atoms with Crippen LogP contribution in [0.5, 0.6) is 0 Å². The van der Waals surface area contributed by atoms with Gasteiger partial charge in [-0.15, -0.1) is 0 Å². The molecule has 0 aromatic rings. The summed E-state index contributed by atoms with van der Waals surface area (Å²) in [5.41, 5.74) is -0.946. The van der Waals surface area contributed by atoms with Gasteiger partial charge in [0, 0.05) is 12.1 Å². The van der Waals surface area contributed by atoms with Crippen molar-refractivity contribution in [1.29, 1.82) is 0 Å². The van der Waals surface area contributed by atoms with Crippen LogP contribution >= 0.6 is 0 Å². The van der Waals surface area contributed by atoms with Crippen molar-refractivity contribution in [3.63, 3.8) is 0 Å². The van der Waals surface area contributed by atoms with Gasteiger partial charge in [-0.3, -0.25) is 0 Å². The standard InChI is InChI=1S/C7H15F3N2O2S/c1-6(2,12-15(3,13)14)4-11-5-7(8,9)10/h11-12H,4-5H2,1-3H3. The van der Waals surface area contributed by atoms with E-state index >= 15 is 0 Å². The second-order valence-corrected chi connectivity index (χ2v) is 5.73. The summed E-state index contributed by atoms with van der Waals surface area (Å²) in [7, 11) is -3.42. The highest BCUT2D eigenvalue weighted by atomic mass is 32.2. The molecule has 0 aromatic carbocycles. The molecule has 0 aromatic heterocycles. The molecule has 2 N–H and O–H groups in total. The van der Waals surface area contributed by atoms with Crippen LogP contribution in [0.1, 0.15) is 13.8 Å². The Morgan fingerprint density at radius 2 is 1.60 bits per heavy atom. The van der Waals surface area contributed by atoms with Crippen LogP contribution in [0.15, 0.2) is 0 Å². The summed E-state index contributed by atoms with van der Waals surface area (Å²) in [5, 5.41) is 2.14. The molecule has 0 saturated carbocycles. The van der Waals surface area contributed by atoms with Gasteiger partial charge in [0.2, 0.25) is 10.0 Å². The normalized spacial score (nSPS) is 14.3. The highest BCUT2D eigenvalue weighted by Crippen LogP contribution is 2.12. The average molecular weight is 248 g/mol. The zero-order valence-corrected chi connectivity index (χ0v) is 9.59. The van der Waals surface area contributed by atoms with Crippen molar-refractivity contribution in [2.75, 3.05) is 19.3 Å². The summed E-state index contributed by atoms with van der Waals surface area (Å²) >= 11 is 0. The molecule has 0 rings (SSSR count). The minimum atomic E-state index is -4.29. The van der Waals surface area contributed by atoms with Crippen LogP contribution < -0.4 is 10.0 Å². The summed E-state index contributed by atoms with van der Waals surface area (Å²) in [6, 6.07) is 0. The van der Waals surface area contributed by atoms with E-state index in [-0.39, 0.29) is 6.54 Å². The van der Waals surface area contributed by atoms with Crippen molar-refractivity contribution >= 4 is 10.0 Å². The molecule has 0 radical (unpaired) electrons. The summed E-state index contributed by atoms with van der Waals surface area (Å²) in [4.78, 5) is 0. The van der Waals surface area contributed by atoms with Gasteiger partial charge in [-0.1, -0.05) is 0 Å². The highest BCUT2D eigenvalue weighted by molar-refractivity contribution is 7.88.